The molecule has 3 heterocycles. The van der Waals surface area contributed by atoms with Crippen LogP contribution >= 0.6 is 24.0 Å². The lowest BCUT2D eigenvalue weighted by atomic mass is 10.2. The minimum Gasteiger partial charge on any atom is -0.548 e. The van der Waals surface area contributed by atoms with E-state index in [1.807, 2.05) is 13.0 Å². The third-order valence-corrected chi connectivity index (χ3v) is 5.97. The predicted molar refractivity (Wildman–Crippen MR) is 119 cm³/mol. The van der Waals surface area contributed by atoms with Crippen molar-refractivity contribution in [1.82, 2.24) is 14.3 Å². The molecule has 0 atom stereocenters. The summed E-state index contributed by atoms with van der Waals surface area (Å²) in [6.45, 7) is 3.98. The van der Waals surface area contributed by atoms with Gasteiger partial charge in [-0.25, -0.2) is 4.98 Å². The zero-order valence-electron chi connectivity index (χ0n) is 16.6. The van der Waals surface area contributed by atoms with E-state index >= 15 is 0 Å². The minimum absolute atomic E-state index is 0.109. The molecule has 30 heavy (non-hydrogen) atoms. The number of thioether (sulfide) groups is 1. The van der Waals surface area contributed by atoms with Gasteiger partial charge in [-0.3, -0.25) is 18.9 Å². The van der Waals surface area contributed by atoms with Crippen LogP contribution in [0.4, 0.5) is 5.82 Å². The van der Waals surface area contributed by atoms with Gasteiger partial charge in [-0.05, 0) is 31.1 Å². The van der Waals surface area contributed by atoms with Gasteiger partial charge in [-0.1, -0.05) is 49.8 Å². The summed E-state index contributed by atoms with van der Waals surface area (Å²) in [5.41, 5.74) is 1.27. The fraction of sp³-hybridized carbons (Fsp3) is 0.350. The molecule has 0 unspecified atom stereocenters. The van der Waals surface area contributed by atoms with Crippen LogP contribution in [0.2, 0.25) is 0 Å². The number of aliphatic carboxylic acids is 1. The number of amides is 1. The zero-order chi connectivity index (χ0) is 21.8. The number of aryl methyl sites for hydroxylation is 1. The summed E-state index contributed by atoms with van der Waals surface area (Å²) >= 11 is 6.06. The number of fused-ring (bicyclic) bond motifs is 1. The summed E-state index contributed by atoms with van der Waals surface area (Å²) < 4.78 is 1.54. The second-order valence-corrected chi connectivity index (χ2v) is 8.51. The number of aromatic nitrogens is 2. The van der Waals surface area contributed by atoms with E-state index in [-0.39, 0.29) is 20.3 Å². The van der Waals surface area contributed by atoms with E-state index in [9.17, 15) is 19.5 Å². The number of carbonyl (C=O) groups is 2. The number of hydrogen-bond donors (Lipinski definition) is 1. The van der Waals surface area contributed by atoms with Crippen molar-refractivity contribution >= 4 is 57.7 Å². The Kier molecular flexibility index (Phi) is 6.88. The third-order valence-electron chi connectivity index (χ3n) is 4.59. The SMILES string of the molecule is CCCCCNc1nc2c(C)cccn2c(=O)c1C=C1SC(=S)N(CC(=O)[O-])C1=O. The van der Waals surface area contributed by atoms with Crippen molar-refractivity contribution in [3.63, 3.8) is 0 Å². The Balaban J connectivity index is 2.07. The second kappa shape index (κ2) is 9.40. The van der Waals surface area contributed by atoms with Crippen LogP contribution in [-0.4, -0.2) is 43.6 Å². The second-order valence-electron chi connectivity index (χ2n) is 6.84. The van der Waals surface area contributed by atoms with Crippen LogP contribution in [0.1, 0.15) is 37.3 Å². The molecule has 8 nitrogen and oxygen atoms in total. The van der Waals surface area contributed by atoms with Gasteiger partial charge < -0.3 is 15.2 Å². The molecule has 0 bridgehead atoms. The quantitative estimate of drug-likeness (QED) is 0.371. The number of carbonyl (C=O) groups excluding carboxylic acids is 2. The summed E-state index contributed by atoms with van der Waals surface area (Å²) in [6.07, 6.45) is 6.06. The number of nitrogens with one attached hydrogen (secondary N) is 1. The summed E-state index contributed by atoms with van der Waals surface area (Å²) in [5, 5.41) is 14.1. The van der Waals surface area contributed by atoms with Gasteiger partial charge in [-0.2, -0.15) is 0 Å². The van der Waals surface area contributed by atoms with Gasteiger partial charge in [0, 0.05) is 12.7 Å². The molecule has 2 aromatic rings. The van der Waals surface area contributed by atoms with Crippen molar-refractivity contribution in [1.29, 1.82) is 0 Å². The normalized spacial score (nSPS) is 15.4. The topological polar surface area (TPSA) is 107 Å². The molecule has 158 valence electrons. The molecule has 1 saturated heterocycles. The molecule has 10 heteroatoms. The first-order valence-corrected chi connectivity index (χ1v) is 10.8. The summed E-state index contributed by atoms with van der Waals surface area (Å²) in [7, 11) is 0. The van der Waals surface area contributed by atoms with Crippen LogP contribution < -0.4 is 16.0 Å². The summed E-state index contributed by atoms with van der Waals surface area (Å²) in [5.74, 6) is -1.59. The molecule has 1 amide bonds. The zero-order valence-corrected chi connectivity index (χ0v) is 18.3. The van der Waals surface area contributed by atoms with E-state index in [2.05, 4.69) is 17.2 Å². The maximum absolute atomic E-state index is 13.2. The number of pyridine rings is 1. The highest BCUT2D eigenvalue weighted by Crippen LogP contribution is 2.32. The average molecular weight is 446 g/mol. The Bertz CT molecular complexity index is 1110. The molecule has 1 N–H and O–H groups in total. The number of unbranched alkanes of at least 4 members (excludes halogenated alkanes) is 2. The lowest BCUT2D eigenvalue weighted by molar-refractivity contribution is -0.305. The Hall–Kier alpha value is -2.72. The number of hydrogen-bond acceptors (Lipinski definition) is 8. The smallest absolute Gasteiger partial charge is 0.267 e. The molecule has 1 fully saturated rings. The fourth-order valence-electron chi connectivity index (χ4n) is 3.05. The Morgan fingerprint density at radius 2 is 2.13 bits per heavy atom. The largest absolute Gasteiger partial charge is 0.548 e. The fourth-order valence-corrected chi connectivity index (χ4v) is 4.29. The first-order valence-electron chi connectivity index (χ1n) is 9.54. The van der Waals surface area contributed by atoms with Crippen LogP contribution in [-0.2, 0) is 9.59 Å². The molecule has 0 aromatic carbocycles. The van der Waals surface area contributed by atoms with Gasteiger partial charge in [0.25, 0.3) is 11.5 Å². The van der Waals surface area contributed by atoms with Gasteiger partial charge in [0.1, 0.15) is 15.8 Å². The summed E-state index contributed by atoms with van der Waals surface area (Å²) in [4.78, 5) is 42.4. The van der Waals surface area contributed by atoms with E-state index in [1.165, 1.54) is 10.5 Å². The van der Waals surface area contributed by atoms with Gasteiger partial charge in [0.2, 0.25) is 0 Å². The molecule has 0 radical (unpaired) electrons. The van der Waals surface area contributed by atoms with Gasteiger partial charge in [0.05, 0.1) is 23.0 Å². The molecule has 1 aliphatic heterocycles. The highest BCUT2D eigenvalue weighted by atomic mass is 32.2. The standard InChI is InChI=1S/C20H22N4O4S2/c1-3-4-5-8-21-16-13(18(27)23-9-6-7-12(2)17(23)22-16)10-14-19(28)24(11-15(25)26)20(29)30-14/h6-7,9-10,21H,3-5,8,11H2,1-2H3,(H,25,26)/p-1. The molecule has 0 spiro atoms. The first kappa shape index (κ1) is 22.0. The van der Waals surface area contributed by atoms with Crippen molar-refractivity contribution in [2.75, 3.05) is 18.4 Å². The van der Waals surface area contributed by atoms with Crippen LogP contribution in [0, 0.1) is 6.92 Å². The third kappa shape index (κ3) is 4.54. The van der Waals surface area contributed by atoms with E-state index in [1.54, 1.807) is 12.3 Å². The highest BCUT2D eigenvalue weighted by Gasteiger charge is 2.32. The predicted octanol–water partition coefficient (Wildman–Crippen LogP) is 1.56. The Morgan fingerprint density at radius 1 is 1.37 bits per heavy atom. The number of thiocarbonyl (C=S) groups is 1. The van der Waals surface area contributed by atoms with Crippen LogP contribution in [0.5, 0.6) is 0 Å². The number of carboxylic acid groups (broad SMARTS) is 1. The van der Waals surface area contributed by atoms with Crippen LogP contribution in [0.15, 0.2) is 28.0 Å². The maximum atomic E-state index is 13.2. The number of nitrogens with zero attached hydrogens (tertiary/aromatic N) is 3. The molecular formula is C20H21N4O4S2-. The molecule has 0 aliphatic carbocycles. The maximum Gasteiger partial charge on any atom is 0.267 e. The van der Waals surface area contributed by atoms with Crippen LogP contribution in [0.25, 0.3) is 11.7 Å². The van der Waals surface area contributed by atoms with Crippen LogP contribution in [0.3, 0.4) is 0 Å². The number of anilines is 1. The molecule has 2 aromatic heterocycles. The molecule has 0 saturated carbocycles. The number of rotatable bonds is 8. The van der Waals surface area contributed by atoms with E-state index in [4.69, 9.17) is 12.2 Å². The van der Waals surface area contributed by atoms with Gasteiger partial charge in [-0.15, -0.1) is 0 Å². The first-order chi connectivity index (χ1) is 14.3. The lowest BCUT2D eigenvalue weighted by Crippen LogP contribution is -2.40. The van der Waals surface area contributed by atoms with Crippen molar-refractivity contribution in [3.05, 3.63) is 44.7 Å². The number of carboxylic acids is 1. The molecule has 1 aliphatic rings. The van der Waals surface area contributed by atoms with E-state index < -0.39 is 18.4 Å². The van der Waals surface area contributed by atoms with E-state index in [0.717, 1.165) is 41.5 Å². The van der Waals surface area contributed by atoms with Crippen molar-refractivity contribution in [3.8, 4) is 0 Å². The van der Waals surface area contributed by atoms with E-state index in [0.29, 0.717) is 18.0 Å². The summed E-state index contributed by atoms with van der Waals surface area (Å²) in [6, 6.07) is 3.62. The van der Waals surface area contributed by atoms with Crippen molar-refractivity contribution in [2.45, 2.75) is 33.1 Å². The minimum atomic E-state index is -1.41. The van der Waals surface area contributed by atoms with Gasteiger partial charge in [0.15, 0.2) is 0 Å². The lowest BCUT2D eigenvalue weighted by Gasteiger charge is -2.14. The monoisotopic (exact) mass is 445 g/mol. The van der Waals surface area contributed by atoms with Crippen molar-refractivity contribution < 1.29 is 14.7 Å². The Labute approximate surface area is 183 Å². The average Bonchev–Trinajstić information content (AvgIpc) is 2.95. The Morgan fingerprint density at radius 3 is 2.83 bits per heavy atom. The molecular weight excluding hydrogens is 424 g/mol. The molecule has 3 rings (SSSR count). The van der Waals surface area contributed by atoms with Gasteiger partial charge >= 0.3 is 0 Å². The highest BCUT2D eigenvalue weighted by molar-refractivity contribution is 8.26. The van der Waals surface area contributed by atoms with Crippen molar-refractivity contribution in [2.24, 2.45) is 0 Å².